The van der Waals surface area contributed by atoms with Crippen molar-refractivity contribution in [2.45, 2.75) is 26.4 Å². The quantitative estimate of drug-likeness (QED) is 0.570. The SMILES string of the molecule is CCOC(=O)C(=O)Cn1nnn(CCc2ccccc2)c1=N. The standard InChI is InChI=1S/C14H17N5O3/c1-2-22-13(21)12(20)10-19-14(15)18(16-17-19)9-8-11-6-4-3-5-7-11/h3-7,15H,2,8-10H2,1H3. The highest BCUT2D eigenvalue weighted by atomic mass is 16.5. The highest BCUT2D eigenvalue weighted by Gasteiger charge is 2.17. The van der Waals surface area contributed by atoms with Gasteiger partial charge in [-0.15, -0.1) is 0 Å². The molecule has 1 heterocycles. The molecule has 22 heavy (non-hydrogen) atoms. The molecule has 0 bridgehead atoms. The number of aryl methyl sites for hydroxylation is 2. The molecule has 8 nitrogen and oxygen atoms in total. The van der Waals surface area contributed by atoms with E-state index >= 15 is 0 Å². The smallest absolute Gasteiger partial charge is 0.376 e. The van der Waals surface area contributed by atoms with E-state index in [2.05, 4.69) is 15.2 Å². The minimum Gasteiger partial charge on any atom is -0.460 e. The molecule has 1 N–H and O–H groups in total. The lowest BCUT2D eigenvalue weighted by atomic mass is 10.2. The molecular formula is C14H17N5O3. The van der Waals surface area contributed by atoms with Gasteiger partial charge in [-0.25, -0.2) is 14.2 Å². The van der Waals surface area contributed by atoms with Crippen LogP contribution in [0.3, 0.4) is 0 Å². The van der Waals surface area contributed by atoms with Gasteiger partial charge in [-0.05, 0) is 29.3 Å². The molecule has 0 unspecified atom stereocenters. The van der Waals surface area contributed by atoms with Crippen LogP contribution in [0.1, 0.15) is 12.5 Å². The Kier molecular flexibility index (Phi) is 5.18. The highest BCUT2D eigenvalue weighted by molar-refractivity contribution is 6.33. The second-order valence-corrected chi connectivity index (χ2v) is 4.56. The molecule has 0 saturated carbocycles. The molecule has 116 valence electrons. The van der Waals surface area contributed by atoms with Crippen LogP contribution in [0, 0.1) is 5.41 Å². The Balaban J connectivity index is 1.99. The third kappa shape index (κ3) is 3.87. The Bertz CT molecular complexity index is 705. The molecule has 0 saturated heterocycles. The summed E-state index contributed by atoms with van der Waals surface area (Å²) in [6.07, 6.45) is 0.696. The van der Waals surface area contributed by atoms with E-state index in [1.165, 1.54) is 4.68 Å². The number of nitrogens with one attached hydrogen (secondary N) is 1. The normalized spacial score (nSPS) is 10.4. The van der Waals surface area contributed by atoms with Gasteiger partial charge < -0.3 is 4.74 Å². The fourth-order valence-electron chi connectivity index (χ4n) is 1.86. The highest BCUT2D eigenvalue weighted by Crippen LogP contribution is 1.99. The van der Waals surface area contributed by atoms with E-state index in [1.54, 1.807) is 6.92 Å². The lowest BCUT2D eigenvalue weighted by Crippen LogP contribution is -2.31. The maximum atomic E-state index is 11.6. The van der Waals surface area contributed by atoms with Gasteiger partial charge in [0.2, 0.25) is 5.62 Å². The lowest BCUT2D eigenvalue weighted by molar-refractivity contribution is -0.153. The van der Waals surface area contributed by atoms with Gasteiger partial charge in [0.15, 0.2) is 0 Å². The largest absolute Gasteiger partial charge is 0.460 e. The minimum absolute atomic E-state index is 0.0337. The van der Waals surface area contributed by atoms with Crippen molar-refractivity contribution in [2.24, 2.45) is 0 Å². The van der Waals surface area contributed by atoms with Crippen molar-refractivity contribution in [3.63, 3.8) is 0 Å². The number of ketones is 1. The Labute approximate surface area is 126 Å². The van der Waals surface area contributed by atoms with Gasteiger partial charge in [0, 0.05) is 0 Å². The predicted molar refractivity (Wildman–Crippen MR) is 75.7 cm³/mol. The zero-order valence-corrected chi connectivity index (χ0v) is 12.2. The van der Waals surface area contributed by atoms with Crippen molar-refractivity contribution >= 4 is 11.8 Å². The average Bonchev–Trinajstić information content (AvgIpc) is 2.87. The van der Waals surface area contributed by atoms with Crippen molar-refractivity contribution < 1.29 is 14.3 Å². The summed E-state index contributed by atoms with van der Waals surface area (Å²) in [7, 11) is 0. The van der Waals surface area contributed by atoms with Crippen LogP contribution in [0.5, 0.6) is 0 Å². The molecule has 0 fully saturated rings. The van der Waals surface area contributed by atoms with Crippen molar-refractivity contribution in [3.8, 4) is 0 Å². The van der Waals surface area contributed by atoms with E-state index < -0.39 is 11.8 Å². The summed E-state index contributed by atoms with van der Waals surface area (Å²) in [4.78, 5) is 22.9. The number of tetrazole rings is 1. The summed E-state index contributed by atoms with van der Waals surface area (Å²) in [5.41, 5.74) is 1.08. The number of ether oxygens (including phenoxy) is 1. The minimum atomic E-state index is -0.923. The number of esters is 1. The molecule has 0 radical (unpaired) electrons. The number of rotatable bonds is 7. The number of aromatic nitrogens is 4. The zero-order chi connectivity index (χ0) is 15.9. The van der Waals surface area contributed by atoms with Crippen LogP contribution in [-0.2, 0) is 33.8 Å². The van der Waals surface area contributed by atoms with E-state index in [4.69, 9.17) is 5.41 Å². The second-order valence-electron chi connectivity index (χ2n) is 4.56. The van der Waals surface area contributed by atoms with Gasteiger partial charge >= 0.3 is 5.97 Å². The van der Waals surface area contributed by atoms with Crippen LogP contribution >= 0.6 is 0 Å². The van der Waals surface area contributed by atoms with Crippen LogP contribution in [0.4, 0.5) is 0 Å². The number of hydrogen-bond acceptors (Lipinski definition) is 6. The van der Waals surface area contributed by atoms with Crippen LogP contribution in [0.15, 0.2) is 30.3 Å². The number of benzene rings is 1. The molecule has 0 atom stereocenters. The average molecular weight is 303 g/mol. The van der Waals surface area contributed by atoms with Crippen LogP contribution in [-0.4, -0.2) is 38.1 Å². The fraction of sp³-hybridized carbons (Fsp3) is 0.357. The van der Waals surface area contributed by atoms with Gasteiger partial charge in [-0.2, -0.15) is 0 Å². The topological polar surface area (TPSA) is 103 Å². The first kappa shape index (κ1) is 15.6. The van der Waals surface area contributed by atoms with E-state index in [0.29, 0.717) is 13.0 Å². The van der Waals surface area contributed by atoms with Gasteiger partial charge in [0.25, 0.3) is 5.78 Å². The zero-order valence-electron chi connectivity index (χ0n) is 12.2. The molecule has 2 aromatic rings. The van der Waals surface area contributed by atoms with Crippen molar-refractivity contribution in [3.05, 3.63) is 41.5 Å². The second kappa shape index (κ2) is 7.30. The molecule has 0 aliphatic carbocycles. The Morgan fingerprint density at radius 2 is 1.86 bits per heavy atom. The molecule has 0 aliphatic heterocycles. The molecule has 1 aromatic heterocycles. The summed E-state index contributed by atoms with van der Waals surface area (Å²) < 4.78 is 7.06. The first-order valence-electron chi connectivity index (χ1n) is 6.91. The molecule has 1 aromatic carbocycles. The summed E-state index contributed by atoms with van der Waals surface area (Å²) in [5, 5.41) is 15.5. The number of hydrogen-bond donors (Lipinski definition) is 1. The van der Waals surface area contributed by atoms with Crippen molar-refractivity contribution in [1.82, 2.24) is 19.8 Å². The van der Waals surface area contributed by atoms with Crippen LogP contribution in [0.25, 0.3) is 0 Å². The Morgan fingerprint density at radius 1 is 1.18 bits per heavy atom. The van der Waals surface area contributed by atoms with Gasteiger partial charge in [0.1, 0.15) is 6.54 Å². The summed E-state index contributed by atoms with van der Waals surface area (Å²) in [5.74, 6) is -1.68. The van der Waals surface area contributed by atoms with E-state index in [0.717, 1.165) is 10.2 Å². The predicted octanol–water partition coefficient (Wildman–Crippen LogP) is -0.0660. The maximum Gasteiger partial charge on any atom is 0.376 e. The first-order valence-corrected chi connectivity index (χ1v) is 6.91. The van der Waals surface area contributed by atoms with Crippen molar-refractivity contribution in [2.75, 3.05) is 6.61 Å². The molecule has 2 rings (SSSR count). The molecular weight excluding hydrogens is 286 g/mol. The van der Waals surface area contributed by atoms with Crippen LogP contribution in [0.2, 0.25) is 0 Å². The summed E-state index contributed by atoms with van der Waals surface area (Å²) in [6, 6.07) is 9.79. The number of Topliss-reactive ketones (excluding diaryl/α,β-unsaturated/α-hetero) is 1. The Hall–Kier alpha value is -2.77. The van der Waals surface area contributed by atoms with Gasteiger partial charge in [0.05, 0.1) is 13.2 Å². The Morgan fingerprint density at radius 3 is 2.55 bits per heavy atom. The molecule has 0 spiro atoms. The van der Waals surface area contributed by atoms with E-state index in [9.17, 15) is 9.59 Å². The number of nitrogens with zero attached hydrogens (tertiary/aromatic N) is 4. The van der Waals surface area contributed by atoms with Gasteiger partial charge in [-0.3, -0.25) is 10.2 Å². The summed E-state index contributed by atoms with van der Waals surface area (Å²) >= 11 is 0. The molecule has 8 heteroatoms. The van der Waals surface area contributed by atoms with E-state index in [1.807, 2.05) is 30.3 Å². The molecule has 0 aliphatic rings. The monoisotopic (exact) mass is 303 g/mol. The fourth-order valence-corrected chi connectivity index (χ4v) is 1.86. The maximum absolute atomic E-state index is 11.6. The number of carbonyl (C=O) groups excluding carboxylic acids is 2. The van der Waals surface area contributed by atoms with Crippen LogP contribution < -0.4 is 5.62 Å². The third-order valence-electron chi connectivity index (χ3n) is 3.00. The molecule has 0 amide bonds. The van der Waals surface area contributed by atoms with Gasteiger partial charge in [-0.1, -0.05) is 30.3 Å². The lowest BCUT2D eigenvalue weighted by Gasteiger charge is -2.01. The third-order valence-corrected chi connectivity index (χ3v) is 3.00. The first-order chi connectivity index (χ1) is 10.6. The van der Waals surface area contributed by atoms with Crippen molar-refractivity contribution in [1.29, 1.82) is 5.41 Å². The number of carbonyl (C=O) groups is 2. The van der Waals surface area contributed by atoms with E-state index in [-0.39, 0.29) is 18.8 Å². The summed E-state index contributed by atoms with van der Waals surface area (Å²) in [6.45, 7) is 1.88.